The van der Waals surface area contributed by atoms with E-state index in [0.29, 0.717) is 11.5 Å². The second kappa shape index (κ2) is 4.76. The molecule has 2 heterocycles. The Balaban J connectivity index is 2.24. The summed E-state index contributed by atoms with van der Waals surface area (Å²) in [6.07, 6.45) is 4.61. The number of nitrogens with one attached hydrogen (secondary N) is 1. The number of halogens is 1. The maximum atomic E-state index is 12.7. The molecule has 2 rings (SSSR count). The number of nitrogens with zero attached hydrogens (tertiary/aromatic N) is 3. The maximum Gasteiger partial charge on any atom is 0.178 e. The molecule has 0 bridgehead atoms. The Labute approximate surface area is 92.6 Å². The first-order chi connectivity index (χ1) is 7.79. The molecule has 2 aromatic heterocycles. The fourth-order valence-electron chi connectivity index (χ4n) is 1.29. The van der Waals surface area contributed by atoms with Gasteiger partial charge < -0.3 is 5.32 Å². The van der Waals surface area contributed by atoms with E-state index in [1.54, 1.807) is 18.5 Å². The monoisotopic (exact) mass is 218 g/mol. The van der Waals surface area contributed by atoms with E-state index in [9.17, 15) is 4.39 Å². The molecule has 0 radical (unpaired) electrons. The van der Waals surface area contributed by atoms with E-state index in [0.717, 1.165) is 18.3 Å². The van der Waals surface area contributed by atoms with E-state index in [1.165, 1.54) is 6.07 Å². The summed E-state index contributed by atoms with van der Waals surface area (Å²) in [6, 6.07) is 2.90. The Morgan fingerprint density at radius 1 is 1.12 bits per heavy atom. The molecule has 1 N–H and O–H groups in total. The standard InChI is InChI=1S/C11H11FN4/c1-13-4-8-5-15-11(16-6-8)10-3-2-9(12)7-14-10/h2-3,5-7,13H,4H2,1H3. The molecule has 0 unspecified atom stereocenters. The summed E-state index contributed by atoms with van der Waals surface area (Å²) in [5, 5.41) is 3.01. The van der Waals surface area contributed by atoms with E-state index in [1.807, 2.05) is 7.05 Å². The molecule has 0 atom stereocenters. The van der Waals surface area contributed by atoms with Gasteiger partial charge in [-0.2, -0.15) is 0 Å². The zero-order chi connectivity index (χ0) is 11.4. The van der Waals surface area contributed by atoms with Gasteiger partial charge in [0.2, 0.25) is 0 Å². The Hall–Kier alpha value is -1.88. The van der Waals surface area contributed by atoms with E-state index in [-0.39, 0.29) is 5.82 Å². The van der Waals surface area contributed by atoms with Gasteiger partial charge in [-0.15, -0.1) is 0 Å². The molecule has 0 saturated carbocycles. The number of rotatable bonds is 3. The molecule has 0 amide bonds. The van der Waals surface area contributed by atoms with Crippen LogP contribution < -0.4 is 5.32 Å². The van der Waals surface area contributed by atoms with Gasteiger partial charge in [-0.25, -0.2) is 19.3 Å². The Bertz CT molecular complexity index is 452. The second-order valence-electron chi connectivity index (χ2n) is 3.31. The summed E-state index contributed by atoms with van der Waals surface area (Å²) in [4.78, 5) is 12.2. The fourth-order valence-corrected chi connectivity index (χ4v) is 1.29. The van der Waals surface area contributed by atoms with Crippen molar-refractivity contribution < 1.29 is 4.39 Å². The first kappa shape index (κ1) is 10.6. The van der Waals surface area contributed by atoms with Crippen molar-refractivity contribution in [1.29, 1.82) is 0 Å². The molecule has 16 heavy (non-hydrogen) atoms. The Morgan fingerprint density at radius 3 is 2.44 bits per heavy atom. The molecule has 0 aliphatic heterocycles. The number of hydrogen-bond acceptors (Lipinski definition) is 4. The van der Waals surface area contributed by atoms with Gasteiger partial charge in [0.25, 0.3) is 0 Å². The summed E-state index contributed by atoms with van der Waals surface area (Å²) >= 11 is 0. The van der Waals surface area contributed by atoms with Gasteiger partial charge in [0.1, 0.15) is 11.5 Å². The van der Waals surface area contributed by atoms with Gasteiger partial charge in [0.05, 0.1) is 6.20 Å². The van der Waals surface area contributed by atoms with Gasteiger partial charge in [-0.05, 0) is 19.2 Å². The molecular weight excluding hydrogens is 207 g/mol. The minimum absolute atomic E-state index is 0.365. The highest BCUT2D eigenvalue weighted by Crippen LogP contribution is 2.11. The minimum atomic E-state index is -0.365. The average Bonchev–Trinajstić information content (AvgIpc) is 2.32. The summed E-state index contributed by atoms with van der Waals surface area (Å²) in [6.45, 7) is 0.719. The van der Waals surface area contributed by atoms with Crippen LogP contribution in [0.5, 0.6) is 0 Å². The zero-order valence-corrected chi connectivity index (χ0v) is 8.81. The van der Waals surface area contributed by atoms with E-state index >= 15 is 0 Å². The lowest BCUT2D eigenvalue weighted by Crippen LogP contribution is -2.06. The normalized spacial score (nSPS) is 10.4. The zero-order valence-electron chi connectivity index (χ0n) is 8.81. The predicted octanol–water partition coefficient (Wildman–Crippen LogP) is 1.40. The van der Waals surface area contributed by atoms with Crippen LogP contribution in [-0.2, 0) is 6.54 Å². The van der Waals surface area contributed by atoms with Crippen molar-refractivity contribution in [3.8, 4) is 11.5 Å². The Kier molecular flexibility index (Phi) is 3.16. The minimum Gasteiger partial charge on any atom is -0.316 e. The summed E-state index contributed by atoms with van der Waals surface area (Å²) in [7, 11) is 1.86. The highest BCUT2D eigenvalue weighted by atomic mass is 19.1. The number of aromatic nitrogens is 3. The first-order valence-corrected chi connectivity index (χ1v) is 4.87. The van der Waals surface area contributed by atoms with Gasteiger partial charge in [0.15, 0.2) is 5.82 Å². The topological polar surface area (TPSA) is 50.7 Å². The number of pyridine rings is 1. The lowest BCUT2D eigenvalue weighted by atomic mass is 10.3. The summed E-state index contributed by atoms with van der Waals surface area (Å²) in [5.74, 6) is 0.135. The third kappa shape index (κ3) is 2.38. The number of hydrogen-bond donors (Lipinski definition) is 1. The maximum absolute atomic E-state index is 12.7. The Morgan fingerprint density at radius 2 is 1.88 bits per heavy atom. The van der Waals surface area contributed by atoms with Crippen LogP contribution in [0.3, 0.4) is 0 Å². The second-order valence-corrected chi connectivity index (χ2v) is 3.31. The smallest absolute Gasteiger partial charge is 0.178 e. The van der Waals surface area contributed by atoms with E-state index < -0.39 is 0 Å². The molecule has 0 aromatic carbocycles. The van der Waals surface area contributed by atoms with Crippen molar-refractivity contribution in [2.75, 3.05) is 7.05 Å². The van der Waals surface area contributed by atoms with Gasteiger partial charge in [-0.1, -0.05) is 0 Å². The molecule has 0 aliphatic carbocycles. The molecule has 2 aromatic rings. The molecule has 0 spiro atoms. The van der Waals surface area contributed by atoms with Crippen LogP contribution in [0.2, 0.25) is 0 Å². The van der Waals surface area contributed by atoms with Crippen LogP contribution in [0.25, 0.3) is 11.5 Å². The third-order valence-corrected chi connectivity index (χ3v) is 2.04. The van der Waals surface area contributed by atoms with Crippen LogP contribution in [0.1, 0.15) is 5.56 Å². The van der Waals surface area contributed by atoms with Crippen LogP contribution in [0.15, 0.2) is 30.7 Å². The van der Waals surface area contributed by atoms with Gasteiger partial charge in [-0.3, -0.25) is 0 Å². The van der Waals surface area contributed by atoms with Crippen LogP contribution >= 0.6 is 0 Å². The summed E-state index contributed by atoms with van der Waals surface area (Å²) in [5.41, 5.74) is 1.56. The van der Waals surface area contributed by atoms with Gasteiger partial charge >= 0.3 is 0 Å². The van der Waals surface area contributed by atoms with Crippen molar-refractivity contribution in [2.45, 2.75) is 6.54 Å². The van der Waals surface area contributed by atoms with Crippen molar-refractivity contribution >= 4 is 0 Å². The van der Waals surface area contributed by atoms with Crippen molar-refractivity contribution in [2.24, 2.45) is 0 Å². The largest absolute Gasteiger partial charge is 0.316 e. The molecule has 0 saturated heterocycles. The predicted molar refractivity (Wildman–Crippen MR) is 58.0 cm³/mol. The van der Waals surface area contributed by atoms with E-state index in [4.69, 9.17) is 0 Å². The summed E-state index contributed by atoms with van der Waals surface area (Å²) < 4.78 is 12.7. The van der Waals surface area contributed by atoms with Gasteiger partial charge in [0, 0.05) is 24.5 Å². The molecule has 4 nitrogen and oxygen atoms in total. The molecule has 0 fully saturated rings. The molecule has 5 heteroatoms. The van der Waals surface area contributed by atoms with Crippen LogP contribution in [0.4, 0.5) is 4.39 Å². The molecule has 82 valence electrons. The first-order valence-electron chi connectivity index (χ1n) is 4.87. The van der Waals surface area contributed by atoms with Crippen molar-refractivity contribution in [3.05, 3.63) is 42.1 Å². The molecular formula is C11H11FN4. The lowest BCUT2D eigenvalue weighted by molar-refractivity contribution is 0.621. The SMILES string of the molecule is CNCc1cnc(-c2ccc(F)cn2)nc1. The van der Waals surface area contributed by atoms with E-state index in [2.05, 4.69) is 20.3 Å². The molecule has 0 aliphatic rings. The highest BCUT2D eigenvalue weighted by molar-refractivity contribution is 5.47. The quantitative estimate of drug-likeness (QED) is 0.846. The van der Waals surface area contributed by atoms with Crippen LogP contribution in [0, 0.1) is 5.82 Å². The van der Waals surface area contributed by atoms with Crippen molar-refractivity contribution in [1.82, 2.24) is 20.3 Å². The fraction of sp³-hybridized carbons (Fsp3) is 0.182. The highest BCUT2D eigenvalue weighted by Gasteiger charge is 2.02. The lowest BCUT2D eigenvalue weighted by Gasteiger charge is -2.01. The van der Waals surface area contributed by atoms with Crippen LogP contribution in [-0.4, -0.2) is 22.0 Å². The third-order valence-electron chi connectivity index (χ3n) is 2.04. The average molecular weight is 218 g/mol. The van der Waals surface area contributed by atoms with Crippen molar-refractivity contribution in [3.63, 3.8) is 0 Å².